The first kappa shape index (κ1) is 16.5. The lowest BCUT2D eigenvalue weighted by Crippen LogP contribution is -2.05. The Kier molecular flexibility index (Phi) is 4.63. The van der Waals surface area contributed by atoms with E-state index in [9.17, 15) is 28.1 Å². The van der Waals surface area contributed by atoms with E-state index in [4.69, 9.17) is 4.74 Å². The number of halogens is 3. The zero-order valence-electron chi connectivity index (χ0n) is 11.5. The van der Waals surface area contributed by atoms with Gasteiger partial charge in [0.25, 0.3) is 5.69 Å². The zero-order chi connectivity index (χ0) is 17.0. The maximum Gasteiger partial charge on any atom is 0.416 e. The number of carbonyl (C=O) groups is 1. The lowest BCUT2D eigenvalue weighted by atomic mass is 10.1. The van der Waals surface area contributed by atoms with Crippen LogP contribution in [0.1, 0.15) is 21.5 Å². The van der Waals surface area contributed by atoms with E-state index in [1.54, 1.807) is 0 Å². The highest BCUT2D eigenvalue weighted by Gasteiger charge is 2.29. The van der Waals surface area contributed by atoms with Crippen LogP contribution in [0.15, 0.2) is 42.5 Å². The molecule has 2 aromatic rings. The highest BCUT2D eigenvalue weighted by Crippen LogP contribution is 2.29. The molecule has 0 radical (unpaired) electrons. The summed E-state index contributed by atoms with van der Waals surface area (Å²) in [7, 11) is 0. The summed E-state index contributed by atoms with van der Waals surface area (Å²) in [4.78, 5) is 20.9. The monoisotopic (exact) mass is 325 g/mol. The van der Waals surface area contributed by atoms with Gasteiger partial charge in [-0.15, -0.1) is 0 Å². The molecule has 0 aliphatic carbocycles. The first-order valence-corrected chi connectivity index (χ1v) is 6.34. The summed E-state index contributed by atoms with van der Waals surface area (Å²) in [6.07, 6.45) is -4.00. The van der Waals surface area contributed by atoms with E-state index in [-0.39, 0.29) is 23.6 Å². The fourth-order valence-corrected chi connectivity index (χ4v) is 1.82. The Morgan fingerprint density at radius 1 is 1.13 bits per heavy atom. The van der Waals surface area contributed by atoms with Crippen LogP contribution < -0.4 is 4.74 Å². The highest BCUT2D eigenvalue weighted by molar-refractivity contribution is 5.80. The predicted molar refractivity (Wildman–Crippen MR) is 74.3 cm³/mol. The number of hydrogen-bond acceptors (Lipinski definition) is 4. The maximum atomic E-state index is 12.4. The second-order valence-electron chi connectivity index (χ2n) is 4.58. The Morgan fingerprint density at radius 2 is 1.78 bits per heavy atom. The largest absolute Gasteiger partial charge is 0.488 e. The van der Waals surface area contributed by atoms with Crippen molar-refractivity contribution in [3.8, 4) is 5.75 Å². The van der Waals surface area contributed by atoms with Crippen LogP contribution in [0.25, 0.3) is 0 Å². The third-order valence-electron chi connectivity index (χ3n) is 3.01. The summed E-state index contributed by atoms with van der Waals surface area (Å²) in [6, 6.07) is 7.88. The van der Waals surface area contributed by atoms with Crippen molar-refractivity contribution in [1.29, 1.82) is 0 Å². The Hall–Kier alpha value is -2.90. The van der Waals surface area contributed by atoms with E-state index in [0.29, 0.717) is 11.8 Å². The first-order chi connectivity index (χ1) is 10.8. The van der Waals surface area contributed by atoms with Crippen LogP contribution in [0, 0.1) is 10.1 Å². The number of carbonyl (C=O) groups excluding carboxylic acids is 1. The lowest BCUT2D eigenvalue weighted by molar-refractivity contribution is -0.384. The van der Waals surface area contributed by atoms with Gasteiger partial charge in [0.1, 0.15) is 12.4 Å². The lowest BCUT2D eigenvalue weighted by Gasteiger charge is -2.10. The van der Waals surface area contributed by atoms with Crippen LogP contribution in [0.3, 0.4) is 0 Å². The minimum absolute atomic E-state index is 0.00823. The Bertz CT molecular complexity index is 726. The van der Waals surface area contributed by atoms with Crippen molar-refractivity contribution in [2.45, 2.75) is 12.8 Å². The average Bonchev–Trinajstić information content (AvgIpc) is 2.52. The van der Waals surface area contributed by atoms with Crippen LogP contribution >= 0.6 is 0 Å². The van der Waals surface area contributed by atoms with Gasteiger partial charge in [-0.05, 0) is 23.8 Å². The van der Waals surface area contributed by atoms with Gasteiger partial charge in [0.15, 0.2) is 6.29 Å². The Labute approximate surface area is 128 Å². The SMILES string of the molecule is O=Cc1cc([N+](=O)[O-])ccc1OCc1ccc(C(F)(F)F)cc1. The van der Waals surface area contributed by atoms with Gasteiger partial charge >= 0.3 is 6.18 Å². The molecule has 0 saturated carbocycles. The number of nitro benzene ring substituents is 1. The molecule has 5 nitrogen and oxygen atoms in total. The third kappa shape index (κ3) is 4.06. The van der Waals surface area contributed by atoms with Crippen molar-refractivity contribution in [2.75, 3.05) is 0 Å². The standard InChI is InChI=1S/C15H10F3NO4/c16-15(17,18)12-3-1-10(2-4-12)9-23-14-6-5-13(19(21)22)7-11(14)8-20/h1-8H,9H2. The average molecular weight is 325 g/mol. The van der Waals surface area contributed by atoms with Crippen molar-refractivity contribution >= 4 is 12.0 Å². The summed E-state index contributed by atoms with van der Waals surface area (Å²) in [5.41, 5.74) is -0.571. The van der Waals surface area contributed by atoms with Gasteiger partial charge in [-0.25, -0.2) is 0 Å². The van der Waals surface area contributed by atoms with Gasteiger partial charge in [-0.1, -0.05) is 12.1 Å². The number of rotatable bonds is 5. The summed E-state index contributed by atoms with van der Waals surface area (Å²) in [5, 5.41) is 10.6. The van der Waals surface area contributed by atoms with Gasteiger partial charge in [0, 0.05) is 12.1 Å². The predicted octanol–water partition coefficient (Wildman–Crippen LogP) is 4.01. The molecule has 0 aromatic heterocycles. The van der Waals surface area contributed by atoms with Crippen molar-refractivity contribution < 1.29 is 27.6 Å². The number of nitrogens with zero attached hydrogens (tertiary/aromatic N) is 1. The third-order valence-corrected chi connectivity index (χ3v) is 3.01. The van der Waals surface area contributed by atoms with Gasteiger partial charge in [-0.2, -0.15) is 13.2 Å². The molecule has 0 amide bonds. The van der Waals surface area contributed by atoms with Crippen molar-refractivity contribution in [3.63, 3.8) is 0 Å². The number of benzene rings is 2. The number of ether oxygens (including phenoxy) is 1. The van der Waals surface area contributed by atoms with Crippen molar-refractivity contribution in [2.24, 2.45) is 0 Å². The second-order valence-corrected chi connectivity index (χ2v) is 4.58. The molecule has 0 N–H and O–H groups in total. The van der Waals surface area contributed by atoms with Gasteiger partial charge in [0.2, 0.25) is 0 Å². The summed E-state index contributed by atoms with van der Waals surface area (Å²) in [6.45, 7) is -0.0726. The van der Waals surface area contributed by atoms with Gasteiger partial charge < -0.3 is 4.74 Å². The summed E-state index contributed by atoms with van der Waals surface area (Å²) >= 11 is 0. The molecule has 2 rings (SSSR count). The number of aldehydes is 1. The molecule has 0 atom stereocenters. The van der Waals surface area contributed by atoms with Crippen molar-refractivity contribution in [1.82, 2.24) is 0 Å². The number of nitro groups is 1. The smallest absolute Gasteiger partial charge is 0.416 e. The Balaban J connectivity index is 2.11. The number of hydrogen-bond donors (Lipinski definition) is 0. The molecule has 0 bridgehead atoms. The van der Waals surface area contributed by atoms with E-state index in [0.717, 1.165) is 18.2 Å². The molecule has 0 unspecified atom stereocenters. The topological polar surface area (TPSA) is 69.4 Å². The maximum absolute atomic E-state index is 12.4. The van der Waals surface area contributed by atoms with E-state index in [1.165, 1.54) is 24.3 Å². The fraction of sp³-hybridized carbons (Fsp3) is 0.133. The minimum atomic E-state index is -4.41. The van der Waals surface area contributed by atoms with E-state index in [2.05, 4.69) is 0 Å². The molecule has 120 valence electrons. The second kappa shape index (κ2) is 6.47. The molecule has 0 spiro atoms. The molecule has 0 aliphatic rings. The molecular weight excluding hydrogens is 315 g/mol. The summed E-state index contributed by atoms with van der Waals surface area (Å²) < 4.78 is 42.7. The van der Waals surface area contributed by atoms with Crippen LogP contribution in [0.2, 0.25) is 0 Å². The Morgan fingerprint density at radius 3 is 2.30 bits per heavy atom. The van der Waals surface area contributed by atoms with Crippen LogP contribution in [0.5, 0.6) is 5.75 Å². The molecule has 23 heavy (non-hydrogen) atoms. The van der Waals surface area contributed by atoms with E-state index < -0.39 is 16.7 Å². The first-order valence-electron chi connectivity index (χ1n) is 6.34. The van der Waals surface area contributed by atoms with Crippen LogP contribution in [-0.4, -0.2) is 11.2 Å². The van der Waals surface area contributed by atoms with Crippen molar-refractivity contribution in [3.05, 3.63) is 69.3 Å². The van der Waals surface area contributed by atoms with Gasteiger partial charge in [0.05, 0.1) is 16.1 Å². The molecule has 0 fully saturated rings. The fourth-order valence-electron chi connectivity index (χ4n) is 1.82. The molecule has 2 aromatic carbocycles. The molecule has 0 aliphatic heterocycles. The number of non-ortho nitro benzene ring substituents is 1. The van der Waals surface area contributed by atoms with E-state index in [1.807, 2.05) is 0 Å². The van der Waals surface area contributed by atoms with Crippen LogP contribution in [0.4, 0.5) is 18.9 Å². The zero-order valence-corrected chi connectivity index (χ0v) is 11.5. The van der Waals surface area contributed by atoms with E-state index >= 15 is 0 Å². The normalized spacial score (nSPS) is 11.1. The summed E-state index contributed by atoms with van der Waals surface area (Å²) in [5.74, 6) is 0.116. The quantitative estimate of drug-likeness (QED) is 0.473. The molecule has 0 heterocycles. The number of alkyl halides is 3. The van der Waals surface area contributed by atoms with Gasteiger partial charge in [-0.3, -0.25) is 14.9 Å². The highest BCUT2D eigenvalue weighted by atomic mass is 19.4. The molecular formula is C15H10F3NO4. The minimum Gasteiger partial charge on any atom is -0.488 e. The molecule has 0 saturated heterocycles. The molecule has 8 heteroatoms. The van der Waals surface area contributed by atoms with Crippen LogP contribution in [-0.2, 0) is 12.8 Å².